The van der Waals surface area contributed by atoms with Gasteiger partial charge >= 0.3 is 0 Å². The number of rotatable bonds is 6. The molecule has 1 aromatic heterocycles. The number of hydrogen-bond donors (Lipinski definition) is 1. The minimum atomic E-state index is -0.214. The highest BCUT2D eigenvalue weighted by molar-refractivity contribution is 7.12. The molecule has 0 aliphatic heterocycles. The zero-order chi connectivity index (χ0) is 15.2. The second-order valence-electron chi connectivity index (χ2n) is 4.71. The second kappa shape index (κ2) is 7.04. The van der Waals surface area contributed by atoms with Gasteiger partial charge < -0.3 is 10.1 Å². The Kier molecular flexibility index (Phi) is 5.11. The van der Waals surface area contributed by atoms with Gasteiger partial charge in [0.15, 0.2) is 5.78 Å². The van der Waals surface area contributed by atoms with Crippen LogP contribution in [0.1, 0.15) is 33.4 Å². The number of carbonyl (C=O) groups excluding carboxylic acids is 2. The first kappa shape index (κ1) is 15.3. The summed E-state index contributed by atoms with van der Waals surface area (Å²) in [4.78, 5) is 24.7. The fraction of sp³-hybridized carbons (Fsp3) is 0.250. The average Bonchev–Trinajstić information content (AvgIpc) is 3.01. The number of ether oxygens (including phenoxy) is 1. The lowest BCUT2D eigenvalue weighted by Crippen LogP contribution is -2.34. The lowest BCUT2D eigenvalue weighted by atomic mass is 10.1. The van der Waals surface area contributed by atoms with Gasteiger partial charge in [-0.05, 0) is 42.6 Å². The topological polar surface area (TPSA) is 55.4 Å². The van der Waals surface area contributed by atoms with Crippen LogP contribution < -0.4 is 10.1 Å². The molecule has 0 bridgehead atoms. The summed E-state index contributed by atoms with van der Waals surface area (Å²) < 4.78 is 5.05. The largest absolute Gasteiger partial charge is 0.497 e. The van der Waals surface area contributed by atoms with Crippen molar-refractivity contribution in [3.8, 4) is 5.75 Å². The highest BCUT2D eigenvalue weighted by Gasteiger charge is 2.15. The van der Waals surface area contributed by atoms with Gasteiger partial charge in [-0.15, -0.1) is 11.3 Å². The molecular weight excluding hydrogens is 286 g/mol. The lowest BCUT2D eigenvalue weighted by Gasteiger charge is -2.13. The predicted octanol–water partition coefficient (Wildman–Crippen LogP) is 3.15. The van der Waals surface area contributed by atoms with Crippen LogP contribution >= 0.6 is 11.3 Å². The number of nitrogens with one attached hydrogen (secondary N) is 1. The molecule has 4 nitrogen and oxygen atoms in total. The molecule has 0 saturated carbocycles. The molecule has 1 atom stereocenters. The molecule has 1 unspecified atom stereocenters. The molecule has 1 aromatic carbocycles. The second-order valence-corrected chi connectivity index (χ2v) is 5.66. The van der Waals surface area contributed by atoms with E-state index in [2.05, 4.69) is 5.32 Å². The van der Waals surface area contributed by atoms with Gasteiger partial charge in [-0.3, -0.25) is 9.59 Å². The summed E-state index contributed by atoms with van der Waals surface area (Å²) in [6, 6.07) is 10.3. The lowest BCUT2D eigenvalue weighted by molar-refractivity contribution is 0.0919. The van der Waals surface area contributed by atoms with Gasteiger partial charge in [-0.25, -0.2) is 0 Å². The number of carbonyl (C=O) groups is 2. The maximum absolute atomic E-state index is 12.1. The van der Waals surface area contributed by atoms with E-state index in [9.17, 15) is 9.59 Å². The summed E-state index contributed by atoms with van der Waals surface area (Å²) >= 11 is 1.42. The van der Waals surface area contributed by atoms with E-state index in [1.807, 2.05) is 18.4 Å². The Hall–Kier alpha value is -2.14. The van der Waals surface area contributed by atoms with Gasteiger partial charge in [0, 0.05) is 18.0 Å². The first-order chi connectivity index (χ1) is 10.1. The number of Topliss-reactive ketones (excluding diaryl/α,β-unsaturated/α-hetero) is 1. The number of amides is 1. The van der Waals surface area contributed by atoms with Gasteiger partial charge in [-0.1, -0.05) is 6.07 Å². The molecule has 1 N–H and O–H groups in total. The molecule has 110 valence electrons. The molecule has 0 aliphatic carbocycles. The SMILES string of the molecule is COc1ccc(C(=O)NC(C)CC(=O)c2cccs2)cc1. The van der Waals surface area contributed by atoms with Crippen LogP contribution in [0.4, 0.5) is 0 Å². The highest BCUT2D eigenvalue weighted by Crippen LogP contribution is 2.14. The van der Waals surface area contributed by atoms with Crippen LogP contribution in [-0.2, 0) is 0 Å². The van der Waals surface area contributed by atoms with Gasteiger partial charge in [-0.2, -0.15) is 0 Å². The molecule has 5 heteroatoms. The van der Waals surface area contributed by atoms with Crippen molar-refractivity contribution in [1.29, 1.82) is 0 Å². The standard InChI is InChI=1S/C16H17NO3S/c1-11(10-14(18)15-4-3-9-21-15)17-16(19)12-5-7-13(20-2)8-6-12/h3-9,11H,10H2,1-2H3,(H,17,19). The van der Waals surface area contributed by atoms with Crippen molar-refractivity contribution in [1.82, 2.24) is 5.32 Å². The summed E-state index contributed by atoms with van der Waals surface area (Å²) in [5.41, 5.74) is 0.547. The molecule has 0 saturated heterocycles. The summed E-state index contributed by atoms with van der Waals surface area (Å²) in [7, 11) is 1.58. The molecule has 2 aromatic rings. The highest BCUT2D eigenvalue weighted by atomic mass is 32.1. The third kappa shape index (κ3) is 4.16. The van der Waals surface area contributed by atoms with E-state index in [-0.39, 0.29) is 17.7 Å². The van der Waals surface area contributed by atoms with Crippen molar-refractivity contribution in [2.75, 3.05) is 7.11 Å². The van der Waals surface area contributed by atoms with Crippen LogP contribution in [0, 0.1) is 0 Å². The minimum absolute atomic E-state index is 0.0486. The Morgan fingerprint density at radius 1 is 1.24 bits per heavy atom. The van der Waals surface area contributed by atoms with Crippen LogP contribution in [0.5, 0.6) is 5.75 Å². The van der Waals surface area contributed by atoms with Crippen molar-refractivity contribution in [2.24, 2.45) is 0 Å². The smallest absolute Gasteiger partial charge is 0.251 e. The molecule has 0 radical (unpaired) electrons. The van der Waals surface area contributed by atoms with Crippen LogP contribution in [0.15, 0.2) is 41.8 Å². The zero-order valence-corrected chi connectivity index (χ0v) is 12.8. The van der Waals surface area contributed by atoms with Crippen molar-refractivity contribution in [3.63, 3.8) is 0 Å². The molecule has 1 amide bonds. The third-order valence-electron chi connectivity index (χ3n) is 3.02. The molecule has 1 heterocycles. The van der Waals surface area contributed by atoms with E-state index in [0.717, 1.165) is 4.88 Å². The summed E-state index contributed by atoms with van der Waals surface area (Å²) in [6.45, 7) is 1.83. The number of benzene rings is 1. The Morgan fingerprint density at radius 3 is 2.52 bits per heavy atom. The van der Waals surface area contributed by atoms with Crippen LogP contribution in [-0.4, -0.2) is 24.8 Å². The molecule has 21 heavy (non-hydrogen) atoms. The molecule has 0 spiro atoms. The maximum atomic E-state index is 12.1. The van der Waals surface area contributed by atoms with E-state index in [1.54, 1.807) is 37.4 Å². The van der Waals surface area contributed by atoms with Gasteiger partial charge in [0.25, 0.3) is 5.91 Å². The third-order valence-corrected chi connectivity index (χ3v) is 3.93. The minimum Gasteiger partial charge on any atom is -0.497 e. The molecule has 0 aliphatic rings. The number of ketones is 1. The monoisotopic (exact) mass is 303 g/mol. The van der Waals surface area contributed by atoms with Crippen molar-refractivity contribution in [2.45, 2.75) is 19.4 Å². The van der Waals surface area contributed by atoms with E-state index < -0.39 is 0 Å². The van der Waals surface area contributed by atoms with Crippen molar-refractivity contribution >= 4 is 23.0 Å². The van der Waals surface area contributed by atoms with E-state index in [4.69, 9.17) is 4.74 Å². The quantitative estimate of drug-likeness (QED) is 0.834. The molecule has 2 rings (SSSR count). The van der Waals surface area contributed by atoms with Crippen LogP contribution in [0.3, 0.4) is 0 Å². The Balaban J connectivity index is 1.90. The fourth-order valence-electron chi connectivity index (χ4n) is 1.92. The van der Waals surface area contributed by atoms with Crippen LogP contribution in [0.25, 0.3) is 0 Å². The number of thiophene rings is 1. The van der Waals surface area contributed by atoms with Crippen molar-refractivity contribution < 1.29 is 14.3 Å². The van der Waals surface area contributed by atoms with Gasteiger partial charge in [0.1, 0.15) is 5.75 Å². The first-order valence-electron chi connectivity index (χ1n) is 6.61. The first-order valence-corrected chi connectivity index (χ1v) is 7.49. The summed E-state index contributed by atoms with van der Waals surface area (Å²) in [5, 5.41) is 4.70. The zero-order valence-electron chi connectivity index (χ0n) is 12.0. The Bertz CT molecular complexity index is 605. The Labute approximate surface area is 127 Å². The van der Waals surface area contributed by atoms with Crippen molar-refractivity contribution in [3.05, 3.63) is 52.2 Å². The van der Waals surface area contributed by atoms with Gasteiger partial charge in [0.05, 0.1) is 12.0 Å². The molecular formula is C16H17NO3S. The molecule has 0 fully saturated rings. The maximum Gasteiger partial charge on any atom is 0.251 e. The van der Waals surface area contributed by atoms with E-state index in [0.29, 0.717) is 17.7 Å². The predicted molar refractivity (Wildman–Crippen MR) is 83.2 cm³/mol. The van der Waals surface area contributed by atoms with Crippen LogP contribution in [0.2, 0.25) is 0 Å². The fourth-order valence-corrected chi connectivity index (χ4v) is 2.59. The van der Waals surface area contributed by atoms with Gasteiger partial charge in [0.2, 0.25) is 0 Å². The summed E-state index contributed by atoms with van der Waals surface area (Å²) in [6.07, 6.45) is 0.294. The number of hydrogen-bond acceptors (Lipinski definition) is 4. The Morgan fingerprint density at radius 2 is 1.95 bits per heavy atom. The number of methoxy groups -OCH3 is 1. The normalized spacial score (nSPS) is 11.7. The summed E-state index contributed by atoms with van der Waals surface area (Å²) in [5.74, 6) is 0.559. The van der Waals surface area contributed by atoms with E-state index >= 15 is 0 Å². The van der Waals surface area contributed by atoms with E-state index in [1.165, 1.54) is 11.3 Å². The average molecular weight is 303 g/mol.